The molecular weight excluding hydrogens is 250 g/mol. The van der Waals surface area contributed by atoms with Crippen LogP contribution in [-0.2, 0) is 0 Å². The summed E-state index contributed by atoms with van der Waals surface area (Å²) < 4.78 is 0. The van der Waals surface area contributed by atoms with E-state index in [1.165, 1.54) is 38.5 Å². The fourth-order valence-corrected chi connectivity index (χ4v) is 4.28. The van der Waals surface area contributed by atoms with Crippen LogP contribution < -0.4 is 0 Å². The average molecular weight is 275 g/mol. The Labute approximate surface area is 121 Å². The molecule has 1 saturated heterocycles. The van der Waals surface area contributed by atoms with E-state index in [1.54, 1.807) is 18.2 Å². The number of hydrogen-bond donors (Lipinski definition) is 2. The van der Waals surface area contributed by atoms with Crippen LogP contribution in [0.1, 0.15) is 57.1 Å². The quantitative estimate of drug-likeness (QED) is 0.862. The molecule has 3 rings (SSSR count). The highest BCUT2D eigenvalue weighted by Crippen LogP contribution is 2.42. The molecule has 1 aliphatic heterocycles. The van der Waals surface area contributed by atoms with Crippen molar-refractivity contribution in [3.8, 4) is 11.5 Å². The molecule has 1 heterocycles. The molecule has 2 aliphatic rings. The fourth-order valence-electron chi connectivity index (χ4n) is 4.28. The zero-order chi connectivity index (χ0) is 14.1. The van der Waals surface area contributed by atoms with E-state index >= 15 is 0 Å². The number of hydrogen-bond acceptors (Lipinski definition) is 3. The second-order valence-electron chi connectivity index (χ2n) is 6.38. The van der Waals surface area contributed by atoms with Crippen molar-refractivity contribution in [1.82, 2.24) is 4.90 Å². The van der Waals surface area contributed by atoms with Crippen LogP contribution in [0.5, 0.6) is 11.5 Å². The van der Waals surface area contributed by atoms with E-state index in [9.17, 15) is 10.2 Å². The summed E-state index contributed by atoms with van der Waals surface area (Å²) >= 11 is 0. The van der Waals surface area contributed by atoms with Gasteiger partial charge in [0.1, 0.15) is 11.5 Å². The van der Waals surface area contributed by atoms with Gasteiger partial charge < -0.3 is 10.2 Å². The van der Waals surface area contributed by atoms with Crippen molar-refractivity contribution in [2.75, 3.05) is 6.54 Å². The van der Waals surface area contributed by atoms with Crippen LogP contribution in [0.3, 0.4) is 0 Å². The third kappa shape index (κ3) is 2.39. The maximum Gasteiger partial charge on any atom is 0.124 e. The molecule has 1 aromatic carbocycles. The predicted octanol–water partition coefficient (Wildman–Crippen LogP) is 3.81. The Morgan fingerprint density at radius 2 is 1.70 bits per heavy atom. The number of fused-ring (bicyclic) bond motifs is 1. The third-order valence-electron chi connectivity index (χ3n) is 5.26. The minimum atomic E-state index is 0.0853. The maximum absolute atomic E-state index is 10.1. The van der Waals surface area contributed by atoms with E-state index in [2.05, 4.69) is 11.8 Å². The zero-order valence-corrected chi connectivity index (χ0v) is 12.3. The largest absolute Gasteiger partial charge is 0.507 e. The molecule has 1 aromatic rings. The third-order valence-corrected chi connectivity index (χ3v) is 5.26. The molecule has 3 nitrogen and oxygen atoms in total. The molecule has 2 fully saturated rings. The van der Waals surface area contributed by atoms with Crippen LogP contribution >= 0.6 is 0 Å². The van der Waals surface area contributed by atoms with Gasteiger partial charge in [-0.25, -0.2) is 0 Å². The van der Waals surface area contributed by atoms with Gasteiger partial charge in [0.05, 0.1) is 5.56 Å². The van der Waals surface area contributed by atoms with Crippen molar-refractivity contribution < 1.29 is 10.2 Å². The van der Waals surface area contributed by atoms with Gasteiger partial charge in [0, 0.05) is 12.1 Å². The first-order chi connectivity index (χ1) is 9.68. The van der Waals surface area contributed by atoms with Crippen LogP contribution in [0.15, 0.2) is 18.2 Å². The Hall–Kier alpha value is -1.22. The summed E-state index contributed by atoms with van der Waals surface area (Å²) in [6.45, 7) is 3.20. The van der Waals surface area contributed by atoms with Gasteiger partial charge in [-0.1, -0.05) is 18.9 Å². The molecular formula is C17H25NO2. The van der Waals surface area contributed by atoms with E-state index in [4.69, 9.17) is 0 Å². The summed E-state index contributed by atoms with van der Waals surface area (Å²) in [5.74, 6) is 1.25. The van der Waals surface area contributed by atoms with Gasteiger partial charge in [0.15, 0.2) is 0 Å². The minimum Gasteiger partial charge on any atom is -0.507 e. The Morgan fingerprint density at radius 1 is 1.05 bits per heavy atom. The molecule has 110 valence electrons. The lowest BCUT2D eigenvalue weighted by Gasteiger charge is -2.47. The number of aromatic hydroxyl groups is 2. The lowest BCUT2D eigenvalue weighted by Crippen LogP contribution is -2.47. The van der Waals surface area contributed by atoms with Gasteiger partial charge in [-0.2, -0.15) is 0 Å². The van der Waals surface area contributed by atoms with Gasteiger partial charge >= 0.3 is 0 Å². The maximum atomic E-state index is 10.1. The van der Waals surface area contributed by atoms with Crippen molar-refractivity contribution in [1.29, 1.82) is 0 Å². The summed E-state index contributed by atoms with van der Waals surface area (Å²) in [7, 11) is 0. The van der Waals surface area contributed by atoms with Crippen molar-refractivity contribution >= 4 is 0 Å². The molecule has 0 spiro atoms. The molecule has 0 amide bonds. The number of likely N-dealkylation sites (tertiary alicyclic amines) is 1. The standard InChI is InChI=1S/C17H25NO2/c1-12(17-15(19)9-4-10-16(17)20)18-11-5-7-13-6-2-3-8-14(13)18/h4,9-10,12-14,19-20H,2-3,5-8,11H2,1H3. The molecule has 0 radical (unpaired) electrons. The first-order valence-corrected chi connectivity index (χ1v) is 7.95. The first-order valence-electron chi connectivity index (χ1n) is 7.95. The summed E-state index contributed by atoms with van der Waals surface area (Å²) in [5, 5.41) is 20.2. The van der Waals surface area contributed by atoms with Crippen LogP contribution in [0.4, 0.5) is 0 Å². The van der Waals surface area contributed by atoms with Crippen LogP contribution in [-0.4, -0.2) is 27.7 Å². The average Bonchev–Trinajstić information content (AvgIpc) is 2.46. The number of benzene rings is 1. The molecule has 0 aromatic heterocycles. The minimum absolute atomic E-state index is 0.0853. The van der Waals surface area contributed by atoms with Gasteiger partial charge in [0.2, 0.25) is 0 Å². The molecule has 1 aliphatic carbocycles. The van der Waals surface area contributed by atoms with E-state index in [-0.39, 0.29) is 17.5 Å². The Morgan fingerprint density at radius 3 is 2.45 bits per heavy atom. The second-order valence-corrected chi connectivity index (χ2v) is 6.38. The normalized spacial score (nSPS) is 28.9. The predicted molar refractivity (Wildman–Crippen MR) is 79.9 cm³/mol. The Balaban J connectivity index is 1.87. The SMILES string of the molecule is CC(c1c(O)cccc1O)N1CCCC2CCCCC21. The van der Waals surface area contributed by atoms with Gasteiger partial charge in [0.25, 0.3) is 0 Å². The number of nitrogens with zero attached hydrogens (tertiary/aromatic N) is 1. The van der Waals surface area contributed by atoms with E-state index in [0.29, 0.717) is 11.6 Å². The topological polar surface area (TPSA) is 43.7 Å². The van der Waals surface area contributed by atoms with Crippen molar-refractivity contribution in [2.24, 2.45) is 5.92 Å². The number of phenols is 2. The molecule has 0 bridgehead atoms. The number of piperidine rings is 1. The van der Waals surface area contributed by atoms with Gasteiger partial charge in [-0.15, -0.1) is 0 Å². The van der Waals surface area contributed by atoms with Crippen molar-refractivity contribution in [3.05, 3.63) is 23.8 Å². The van der Waals surface area contributed by atoms with Crippen LogP contribution in [0.25, 0.3) is 0 Å². The van der Waals surface area contributed by atoms with E-state index in [0.717, 1.165) is 12.5 Å². The van der Waals surface area contributed by atoms with Crippen molar-refractivity contribution in [2.45, 2.75) is 57.5 Å². The summed E-state index contributed by atoms with van der Waals surface area (Å²) in [4.78, 5) is 2.52. The smallest absolute Gasteiger partial charge is 0.124 e. The van der Waals surface area contributed by atoms with Gasteiger partial charge in [-0.3, -0.25) is 4.90 Å². The molecule has 2 N–H and O–H groups in total. The highest BCUT2D eigenvalue weighted by Gasteiger charge is 2.36. The lowest BCUT2D eigenvalue weighted by atomic mass is 9.77. The zero-order valence-electron chi connectivity index (χ0n) is 12.3. The van der Waals surface area contributed by atoms with Crippen LogP contribution in [0, 0.1) is 5.92 Å². The van der Waals surface area contributed by atoms with E-state index < -0.39 is 0 Å². The Kier molecular flexibility index (Phi) is 3.88. The second kappa shape index (κ2) is 5.65. The summed E-state index contributed by atoms with van der Waals surface area (Å²) in [6.07, 6.45) is 7.88. The monoisotopic (exact) mass is 275 g/mol. The molecule has 3 atom stereocenters. The highest BCUT2D eigenvalue weighted by molar-refractivity contribution is 5.45. The molecule has 20 heavy (non-hydrogen) atoms. The van der Waals surface area contributed by atoms with Crippen molar-refractivity contribution in [3.63, 3.8) is 0 Å². The van der Waals surface area contributed by atoms with E-state index in [1.807, 2.05) is 0 Å². The van der Waals surface area contributed by atoms with Gasteiger partial charge in [-0.05, 0) is 57.2 Å². The molecule has 1 saturated carbocycles. The molecule has 3 unspecified atom stereocenters. The fraction of sp³-hybridized carbons (Fsp3) is 0.647. The summed E-state index contributed by atoms with van der Waals surface area (Å²) in [5.41, 5.74) is 0.693. The lowest BCUT2D eigenvalue weighted by molar-refractivity contribution is 0.0294. The number of phenolic OH excluding ortho intramolecular Hbond substituents is 2. The van der Waals surface area contributed by atoms with Crippen LogP contribution in [0.2, 0.25) is 0 Å². The molecule has 3 heteroatoms. The highest BCUT2D eigenvalue weighted by atomic mass is 16.3. The number of rotatable bonds is 2. The first kappa shape index (κ1) is 13.7. The summed E-state index contributed by atoms with van der Waals surface area (Å²) in [6, 6.07) is 5.76. The Bertz CT molecular complexity index is 452.